The van der Waals surface area contributed by atoms with Crippen molar-refractivity contribution < 1.29 is 9.47 Å². The first kappa shape index (κ1) is 26.7. The van der Waals surface area contributed by atoms with Gasteiger partial charge in [-0.05, 0) is 55.2 Å². The van der Waals surface area contributed by atoms with E-state index < -0.39 is 0 Å². The van der Waals surface area contributed by atoms with Crippen molar-refractivity contribution in [3.8, 4) is 11.5 Å². The van der Waals surface area contributed by atoms with E-state index in [0.717, 1.165) is 48.2 Å². The molecule has 0 bridgehead atoms. The predicted molar refractivity (Wildman–Crippen MR) is 157 cm³/mol. The molecule has 1 aliphatic carbocycles. The topological polar surface area (TPSA) is 65.7 Å². The fourth-order valence-electron chi connectivity index (χ4n) is 5.15. The quantitative estimate of drug-likeness (QED) is 0.165. The second-order valence-electron chi connectivity index (χ2n) is 9.77. The number of rotatable bonds is 9. The van der Waals surface area contributed by atoms with Crippen molar-refractivity contribution in [2.45, 2.75) is 51.0 Å². The van der Waals surface area contributed by atoms with Gasteiger partial charge in [-0.15, -0.1) is 6.58 Å². The van der Waals surface area contributed by atoms with Gasteiger partial charge in [0, 0.05) is 22.1 Å². The first-order valence-electron chi connectivity index (χ1n) is 13.3. The third-order valence-electron chi connectivity index (χ3n) is 7.14. The molecule has 0 atom stereocenters. The van der Waals surface area contributed by atoms with Crippen molar-refractivity contribution in [3.05, 3.63) is 111 Å². The van der Waals surface area contributed by atoms with Crippen LogP contribution in [0.2, 0.25) is 5.02 Å². The molecule has 0 saturated heterocycles. The highest BCUT2D eigenvalue weighted by Crippen LogP contribution is 2.35. The summed E-state index contributed by atoms with van der Waals surface area (Å²) in [5, 5.41) is 5.89. The fourth-order valence-corrected chi connectivity index (χ4v) is 5.34. The predicted octanol–water partition coefficient (Wildman–Crippen LogP) is 7.30. The summed E-state index contributed by atoms with van der Waals surface area (Å²) in [7, 11) is 1.61. The summed E-state index contributed by atoms with van der Waals surface area (Å²) in [6.45, 7) is 4.21. The molecule has 39 heavy (non-hydrogen) atoms. The third-order valence-corrected chi connectivity index (χ3v) is 7.51. The molecule has 200 valence electrons. The Morgan fingerprint density at radius 2 is 1.85 bits per heavy atom. The van der Waals surface area contributed by atoms with E-state index in [1.807, 2.05) is 60.7 Å². The minimum Gasteiger partial charge on any atom is -0.493 e. The lowest BCUT2D eigenvalue weighted by Gasteiger charge is -2.22. The minimum absolute atomic E-state index is 0.157. The lowest BCUT2D eigenvalue weighted by atomic mass is 9.88. The highest BCUT2D eigenvalue weighted by Gasteiger charge is 2.22. The first-order chi connectivity index (χ1) is 19.1. The van der Waals surface area contributed by atoms with Crippen molar-refractivity contribution in [1.82, 2.24) is 9.66 Å². The number of para-hydroxylation sites is 1. The maximum Gasteiger partial charge on any atom is 0.282 e. The number of fused-ring (bicyclic) bond motifs is 1. The molecule has 1 saturated carbocycles. The van der Waals surface area contributed by atoms with Crippen LogP contribution in [0.25, 0.3) is 10.9 Å². The van der Waals surface area contributed by atoms with Crippen LogP contribution in [0.3, 0.4) is 0 Å². The van der Waals surface area contributed by atoms with E-state index in [2.05, 4.69) is 11.7 Å². The van der Waals surface area contributed by atoms with Gasteiger partial charge in [0.25, 0.3) is 5.56 Å². The number of halogens is 1. The van der Waals surface area contributed by atoms with Gasteiger partial charge in [-0.2, -0.15) is 9.78 Å². The van der Waals surface area contributed by atoms with Gasteiger partial charge in [-0.1, -0.05) is 67.3 Å². The molecule has 5 rings (SSSR count). The van der Waals surface area contributed by atoms with E-state index in [1.165, 1.54) is 11.1 Å². The average Bonchev–Trinajstić information content (AvgIpc) is 2.97. The number of methoxy groups -OCH3 is 1. The number of benzene rings is 3. The second-order valence-corrected chi connectivity index (χ2v) is 10.2. The zero-order valence-electron chi connectivity index (χ0n) is 22.1. The van der Waals surface area contributed by atoms with Gasteiger partial charge in [0.2, 0.25) is 0 Å². The molecule has 4 aromatic rings. The Hall–Kier alpha value is -3.90. The summed E-state index contributed by atoms with van der Waals surface area (Å²) < 4.78 is 13.4. The molecule has 0 N–H and O–H groups in total. The summed E-state index contributed by atoms with van der Waals surface area (Å²) in [6, 6.07) is 18.9. The monoisotopic (exact) mass is 541 g/mol. The Balaban J connectivity index is 1.53. The minimum atomic E-state index is -0.157. The Bertz CT molecular complexity index is 1570. The second kappa shape index (κ2) is 12.3. The summed E-state index contributed by atoms with van der Waals surface area (Å²) in [6.07, 6.45) is 9.58. The molecule has 1 aromatic heterocycles. The van der Waals surface area contributed by atoms with E-state index in [-0.39, 0.29) is 11.5 Å². The standard InChI is InChI=1S/C32H32ClN3O3/c1-3-11-24-18-22(19-29(38-2)30(24)39-21-25-14-7-9-16-27(25)33)20-34-36-31(23-12-5-4-6-13-23)35-28-17-10-8-15-26(28)32(36)37/h3,7-10,14-20,23H,1,4-6,11-13,21H2,2H3. The van der Waals surface area contributed by atoms with E-state index in [0.29, 0.717) is 40.5 Å². The lowest BCUT2D eigenvalue weighted by Crippen LogP contribution is -2.25. The van der Waals surface area contributed by atoms with Gasteiger partial charge in [0.1, 0.15) is 12.4 Å². The van der Waals surface area contributed by atoms with Crippen LogP contribution in [0.4, 0.5) is 0 Å². The largest absolute Gasteiger partial charge is 0.493 e. The van der Waals surface area contributed by atoms with Crippen molar-refractivity contribution in [1.29, 1.82) is 0 Å². The van der Waals surface area contributed by atoms with Gasteiger partial charge in [0.15, 0.2) is 11.5 Å². The Morgan fingerprint density at radius 3 is 2.62 bits per heavy atom. The first-order valence-corrected chi connectivity index (χ1v) is 13.7. The number of aromatic nitrogens is 2. The van der Waals surface area contributed by atoms with Crippen molar-refractivity contribution >= 4 is 28.7 Å². The number of allylic oxidation sites excluding steroid dienone is 1. The number of hydrogen-bond acceptors (Lipinski definition) is 5. The summed E-state index contributed by atoms with van der Waals surface area (Å²) in [5.41, 5.74) is 3.12. The molecule has 0 unspecified atom stereocenters. The number of hydrogen-bond donors (Lipinski definition) is 0. The van der Waals surface area contributed by atoms with Crippen LogP contribution in [-0.4, -0.2) is 23.0 Å². The summed E-state index contributed by atoms with van der Waals surface area (Å²) in [5.74, 6) is 2.13. The molecule has 0 aliphatic heterocycles. The normalized spacial score (nSPS) is 14.1. The summed E-state index contributed by atoms with van der Waals surface area (Å²) in [4.78, 5) is 18.5. The van der Waals surface area contributed by atoms with E-state index in [1.54, 1.807) is 19.4 Å². The smallest absolute Gasteiger partial charge is 0.282 e. The van der Waals surface area contributed by atoms with Crippen molar-refractivity contribution in [2.75, 3.05) is 7.11 Å². The molecule has 1 aliphatic rings. The van der Waals surface area contributed by atoms with Crippen LogP contribution in [0, 0.1) is 0 Å². The van der Waals surface area contributed by atoms with Crippen LogP contribution in [0.5, 0.6) is 11.5 Å². The van der Waals surface area contributed by atoms with E-state index in [9.17, 15) is 4.79 Å². The van der Waals surface area contributed by atoms with Crippen molar-refractivity contribution in [2.24, 2.45) is 5.10 Å². The lowest BCUT2D eigenvalue weighted by molar-refractivity contribution is 0.282. The fraction of sp³-hybridized carbons (Fsp3) is 0.281. The van der Waals surface area contributed by atoms with E-state index >= 15 is 0 Å². The molecule has 0 radical (unpaired) electrons. The van der Waals surface area contributed by atoms with Gasteiger partial charge in [0.05, 0.1) is 24.2 Å². The molecule has 0 amide bonds. The highest BCUT2D eigenvalue weighted by atomic mass is 35.5. The average molecular weight is 542 g/mol. The maximum atomic E-state index is 13.5. The summed E-state index contributed by atoms with van der Waals surface area (Å²) >= 11 is 6.33. The Morgan fingerprint density at radius 1 is 1.08 bits per heavy atom. The van der Waals surface area contributed by atoms with Crippen molar-refractivity contribution in [3.63, 3.8) is 0 Å². The molecule has 0 spiro atoms. The molecular weight excluding hydrogens is 510 g/mol. The van der Waals surface area contributed by atoms with Crippen LogP contribution in [-0.2, 0) is 13.0 Å². The van der Waals surface area contributed by atoms with Gasteiger partial charge in [-0.3, -0.25) is 4.79 Å². The molecule has 7 heteroatoms. The SMILES string of the molecule is C=CCc1cc(C=Nn2c(C3CCCCC3)nc3ccccc3c2=O)cc(OC)c1OCc1ccccc1Cl. The van der Waals surface area contributed by atoms with E-state index in [4.69, 9.17) is 26.1 Å². The van der Waals surface area contributed by atoms with Crippen LogP contribution >= 0.6 is 11.6 Å². The molecule has 6 nitrogen and oxygen atoms in total. The maximum absolute atomic E-state index is 13.5. The highest BCUT2D eigenvalue weighted by molar-refractivity contribution is 6.31. The molecule has 3 aromatic carbocycles. The third kappa shape index (κ3) is 5.91. The number of ether oxygens (including phenoxy) is 2. The Kier molecular flexibility index (Phi) is 8.42. The zero-order chi connectivity index (χ0) is 27.2. The number of nitrogens with zero attached hydrogens (tertiary/aromatic N) is 3. The van der Waals surface area contributed by atoms with Gasteiger partial charge in [-0.25, -0.2) is 4.98 Å². The van der Waals surface area contributed by atoms with Crippen LogP contribution in [0.15, 0.2) is 83.2 Å². The van der Waals surface area contributed by atoms with Gasteiger partial charge < -0.3 is 9.47 Å². The van der Waals surface area contributed by atoms with Gasteiger partial charge >= 0.3 is 0 Å². The Labute approximate surface area is 233 Å². The van der Waals surface area contributed by atoms with Crippen LogP contribution < -0.4 is 15.0 Å². The van der Waals surface area contributed by atoms with Crippen LogP contribution in [0.1, 0.15) is 60.5 Å². The zero-order valence-corrected chi connectivity index (χ0v) is 22.9. The molecular formula is C32H32ClN3O3. The molecule has 1 fully saturated rings. The molecule has 1 heterocycles.